The molecular weight excluding hydrogens is 269 g/mol. The Morgan fingerprint density at radius 1 is 1.25 bits per heavy atom. The van der Waals surface area contributed by atoms with Crippen LogP contribution >= 0.6 is 0 Å². The molecule has 1 heteroatoms. The summed E-state index contributed by atoms with van der Waals surface area (Å²) in [4.78, 5) is 0. The van der Waals surface area contributed by atoms with E-state index in [0.29, 0.717) is 5.41 Å². The largest absolute Gasteiger partial charge is 0.180 e. The molecule has 1 radical (unpaired) electrons. The molecule has 0 heterocycles. The maximum Gasteiger partial charge on any atom is 0 e. The molecule has 0 aromatic heterocycles. The summed E-state index contributed by atoms with van der Waals surface area (Å²) < 4.78 is 0. The molecule has 16 heavy (non-hydrogen) atoms. The Balaban J connectivity index is 0.000000963. The summed E-state index contributed by atoms with van der Waals surface area (Å²) in [5, 5.41) is 0. The first-order chi connectivity index (χ1) is 7.18. The third kappa shape index (κ3) is 2.16. The Kier molecular flexibility index (Phi) is 3.62. The Labute approximate surface area is 124 Å². The summed E-state index contributed by atoms with van der Waals surface area (Å²) in [5.41, 5.74) is 3.47. The SMILES string of the molecule is CC1(C)CCC(C2CC2)c2[c-]cccc21.[Y]. The first-order valence-electron chi connectivity index (χ1n) is 6.19. The van der Waals surface area contributed by atoms with Gasteiger partial charge in [0.05, 0.1) is 0 Å². The van der Waals surface area contributed by atoms with Crippen molar-refractivity contribution in [2.24, 2.45) is 5.92 Å². The molecule has 0 saturated heterocycles. The third-order valence-electron chi connectivity index (χ3n) is 4.26. The van der Waals surface area contributed by atoms with Gasteiger partial charge in [-0.1, -0.05) is 25.7 Å². The number of rotatable bonds is 1. The van der Waals surface area contributed by atoms with Crippen molar-refractivity contribution in [3.05, 3.63) is 35.4 Å². The second-order valence-electron chi connectivity index (χ2n) is 5.86. The number of hydrogen-bond donors (Lipinski definition) is 0. The summed E-state index contributed by atoms with van der Waals surface area (Å²) in [6.07, 6.45) is 5.63. The Bertz CT molecular complexity index is 377. The van der Waals surface area contributed by atoms with Gasteiger partial charge in [0.15, 0.2) is 0 Å². The van der Waals surface area contributed by atoms with Gasteiger partial charge in [-0.25, -0.2) is 0 Å². The fourth-order valence-corrected chi connectivity index (χ4v) is 3.11. The molecule has 2 aliphatic carbocycles. The minimum absolute atomic E-state index is 0. The standard InChI is InChI=1S/C15H19.Y/c1-15(2)10-9-12(11-7-8-11)13-5-3-4-6-14(13)15;/h3-4,6,11-12H,7-10H2,1-2H3;/q-1;. The smallest absolute Gasteiger partial charge is 0 e. The van der Waals surface area contributed by atoms with Crippen molar-refractivity contribution < 1.29 is 32.7 Å². The van der Waals surface area contributed by atoms with Gasteiger partial charge in [-0.2, -0.15) is 29.8 Å². The van der Waals surface area contributed by atoms with Crippen LogP contribution in [0, 0.1) is 12.0 Å². The summed E-state index contributed by atoms with van der Waals surface area (Å²) in [6, 6.07) is 10.1. The van der Waals surface area contributed by atoms with E-state index in [1.807, 2.05) is 0 Å². The van der Waals surface area contributed by atoms with Gasteiger partial charge in [-0.05, 0) is 31.1 Å². The molecule has 83 valence electrons. The zero-order chi connectivity index (χ0) is 10.5. The molecule has 1 saturated carbocycles. The van der Waals surface area contributed by atoms with Crippen molar-refractivity contribution in [2.75, 3.05) is 0 Å². The van der Waals surface area contributed by atoms with Crippen LogP contribution in [0.15, 0.2) is 18.2 Å². The van der Waals surface area contributed by atoms with Gasteiger partial charge in [0.25, 0.3) is 0 Å². The van der Waals surface area contributed by atoms with Crippen LogP contribution in [0.3, 0.4) is 0 Å². The first-order valence-corrected chi connectivity index (χ1v) is 6.19. The maximum absolute atomic E-state index is 3.52. The van der Waals surface area contributed by atoms with Gasteiger partial charge in [0.1, 0.15) is 0 Å². The zero-order valence-corrected chi connectivity index (χ0v) is 13.1. The topological polar surface area (TPSA) is 0 Å². The van der Waals surface area contributed by atoms with Gasteiger partial charge in [0, 0.05) is 32.7 Å². The van der Waals surface area contributed by atoms with E-state index in [4.69, 9.17) is 0 Å². The maximum atomic E-state index is 3.52. The van der Waals surface area contributed by atoms with Crippen LogP contribution in [-0.4, -0.2) is 0 Å². The van der Waals surface area contributed by atoms with Crippen LogP contribution in [0.5, 0.6) is 0 Å². The van der Waals surface area contributed by atoms with Gasteiger partial charge >= 0.3 is 0 Å². The van der Waals surface area contributed by atoms with Crippen molar-refractivity contribution >= 4 is 0 Å². The zero-order valence-electron chi connectivity index (χ0n) is 10.3. The quantitative estimate of drug-likeness (QED) is 0.684. The van der Waals surface area contributed by atoms with Crippen LogP contribution in [-0.2, 0) is 38.1 Å². The van der Waals surface area contributed by atoms with Crippen LogP contribution in [0.1, 0.15) is 56.6 Å². The third-order valence-corrected chi connectivity index (χ3v) is 4.26. The summed E-state index contributed by atoms with van der Waals surface area (Å²) in [7, 11) is 0. The summed E-state index contributed by atoms with van der Waals surface area (Å²) >= 11 is 0. The average Bonchev–Trinajstić information content (AvgIpc) is 3.02. The molecule has 0 amide bonds. The Morgan fingerprint density at radius 2 is 2.00 bits per heavy atom. The average molecular weight is 288 g/mol. The predicted molar refractivity (Wildman–Crippen MR) is 63.0 cm³/mol. The van der Waals surface area contributed by atoms with Crippen molar-refractivity contribution in [3.63, 3.8) is 0 Å². The predicted octanol–water partition coefficient (Wildman–Crippen LogP) is 4.05. The van der Waals surface area contributed by atoms with E-state index in [1.54, 1.807) is 5.56 Å². The molecule has 1 aromatic carbocycles. The van der Waals surface area contributed by atoms with Gasteiger partial charge < -0.3 is 0 Å². The fourth-order valence-electron chi connectivity index (χ4n) is 3.11. The second-order valence-corrected chi connectivity index (χ2v) is 5.86. The fraction of sp³-hybridized carbons (Fsp3) is 0.600. The van der Waals surface area contributed by atoms with Gasteiger partial charge in [0.2, 0.25) is 0 Å². The van der Waals surface area contributed by atoms with Crippen LogP contribution in [0.4, 0.5) is 0 Å². The van der Waals surface area contributed by atoms with Gasteiger partial charge in [-0.15, -0.1) is 5.56 Å². The van der Waals surface area contributed by atoms with Crippen LogP contribution in [0.2, 0.25) is 0 Å². The van der Waals surface area contributed by atoms with E-state index in [9.17, 15) is 0 Å². The normalized spacial score (nSPS) is 26.8. The molecule has 0 spiro atoms. The van der Waals surface area contributed by atoms with Crippen molar-refractivity contribution in [2.45, 2.75) is 50.9 Å². The molecule has 0 bridgehead atoms. The minimum Gasteiger partial charge on any atom is -0.180 e. The molecule has 3 rings (SSSR count). The first kappa shape index (κ1) is 12.8. The van der Waals surface area contributed by atoms with Crippen molar-refractivity contribution in [3.8, 4) is 0 Å². The van der Waals surface area contributed by atoms with Crippen molar-refractivity contribution in [1.29, 1.82) is 0 Å². The van der Waals surface area contributed by atoms with Crippen molar-refractivity contribution in [1.82, 2.24) is 0 Å². The number of hydrogen-bond acceptors (Lipinski definition) is 0. The van der Waals surface area contributed by atoms with Crippen LogP contribution in [0.25, 0.3) is 0 Å². The Morgan fingerprint density at radius 3 is 2.69 bits per heavy atom. The molecule has 2 aliphatic rings. The van der Waals surface area contributed by atoms with E-state index < -0.39 is 0 Å². The van der Waals surface area contributed by atoms with Gasteiger partial charge in [-0.3, -0.25) is 0 Å². The van der Waals surface area contributed by atoms with E-state index in [1.165, 1.54) is 31.2 Å². The summed E-state index contributed by atoms with van der Waals surface area (Å²) in [6.45, 7) is 4.76. The molecule has 0 N–H and O–H groups in total. The molecule has 0 nitrogen and oxygen atoms in total. The summed E-state index contributed by atoms with van der Waals surface area (Å²) in [5.74, 6) is 1.81. The molecule has 1 aromatic rings. The molecule has 1 fully saturated rings. The van der Waals surface area contributed by atoms with E-state index in [0.717, 1.165) is 11.8 Å². The number of fused-ring (bicyclic) bond motifs is 1. The number of benzene rings is 1. The van der Waals surface area contributed by atoms with Crippen LogP contribution < -0.4 is 0 Å². The molecular formula is C15H19Y-. The Hall–Kier alpha value is 0.324. The monoisotopic (exact) mass is 288 g/mol. The minimum atomic E-state index is 0. The molecule has 1 atom stereocenters. The second kappa shape index (κ2) is 4.54. The molecule has 1 unspecified atom stereocenters. The van der Waals surface area contributed by atoms with E-state index >= 15 is 0 Å². The van der Waals surface area contributed by atoms with E-state index in [2.05, 4.69) is 38.1 Å². The van der Waals surface area contributed by atoms with E-state index in [-0.39, 0.29) is 32.7 Å². The molecule has 0 aliphatic heterocycles.